The summed E-state index contributed by atoms with van der Waals surface area (Å²) in [6, 6.07) is 4.63. The van der Waals surface area contributed by atoms with E-state index in [1.54, 1.807) is 16.0 Å². The number of nitrogens with one attached hydrogen (secondary N) is 1. The van der Waals surface area contributed by atoms with E-state index in [1.807, 2.05) is 13.8 Å². The van der Waals surface area contributed by atoms with Crippen LogP contribution in [0.2, 0.25) is 0 Å². The summed E-state index contributed by atoms with van der Waals surface area (Å²) in [6.45, 7) is 3.88. The molecule has 0 saturated carbocycles. The third-order valence-electron chi connectivity index (χ3n) is 4.05. The first-order valence-corrected chi connectivity index (χ1v) is 10.1. The topological polar surface area (TPSA) is 64.0 Å². The Morgan fingerprint density at radius 3 is 2.85 bits per heavy atom. The first-order valence-electron chi connectivity index (χ1n) is 8.28. The van der Waals surface area contributed by atoms with Crippen LogP contribution in [-0.2, 0) is 4.79 Å². The molecule has 142 valence electrons. The third kappa shape index (κ3) is 4.19. The molecule has 0 fully saturated rings. The molecule has 5 nitrogen and oxygen atoms in total. The second kappa shape index (κ2) is 8.18. The summed E-state index contributed by atoms with van der Waals surface area (Å²) in [5.74, 6) is -2.09. The van der Waals surface area contributed by atoms with Crippen LogP contribution in [0, 0.1) is 11.6 Å². The van der Waals surface area contributed by atoms with Gasteiger partial charge in [0.25, 0.3) is 5.56 Å². The van der Waals surface area contributed by atoms with Crippen molar-refractivity contribution in [1.29, 1.82) is 0 Å². The van der Waals surface area contributed by atoms with E-state index < -0.39 is 17.5 Å². The van der Waals surface area contributed by atoms with Crippen LogP contribution in [0.15, 0.2) is 39.6 Å². The number of hydrogen-bond acceptors (Lipinski definition) is 5. The Balaban J connectivity index is 1.81. The van der Waals surface area contributed by atoms with Crippen LogP contribution in [0.1, 0.15) is 26.3 Å². The average Bonchev–Trinajstić information content (AvgIpc) is 3.11. The SMILES string of the molecule is CC[C@H](C)n1c(SCC(=O)Nc2ccc(F)cc2F)nc2ccsc2c1=O. The Bertz CT molecular complexity index is 1050. The van der Waals surface area contributed by atoms with Crippen LogP contribution in [-0.4, -0.2) is 21.2 Å². The maximum absolute atomic E-state index is 13.7. The standard InChI is InChI=1S/C18H17F2N3O2S2/c1-3-10(2)23-17(25)16-14(6-7-26-16)22-18(23)27-9-15(24)21-13-5-4-11(19)8-12(13)20/h4-8,10H,3,9H2,1-2H3,(H,21,24)/t10-/m0/s1. The van der Waals surface area contributed by atoms with Gasteiger partial charge in [-0.1, -0.05) is 18.7 Å². The van der Waals surface area contributed by atoms with E-state index in [-0.39, 0.29) is 23.0 Å². The van der Waals surface area contributed by atoms with Crippen LogP contribution in [0.3, 0.4) is 0 Å². The molecule has 0 spiro atoms. The molecule has 0 aliphatic heterocycles. The summed E-state index contributed by atoms with van der Waals surface area (Å²) in [5, 5.41) is 4.65. The van der Waals surface area contributed by atoms with E-state index >= 15 is 0 Å². The number of amides is 1. The molecule has 0 aliphatic rings. The van der Waals surface area contributed by atoms with Gasteiger partial charge < -0.3 is 5.32 Å². The number of rotatable bonds is 6. The average molecular weight is 409 g/mol. The molecule has 0 unspecified atom stereocenters. The highest BCUT2D eigenvalue weighted by molar-refractivity contribution is 7.99. The first-order chi connectivity index (χ1) is 12.9. The molecule has 0 aliphatic carbocycles. The molecular weight excluding hydrogens is 392 g/mol. The van der Waals surface area contributed by atoms with E-state index in [0.29, 0.717) is 21.4 Å². The van der Waals surface area contributed by atoms with Crippen LogP contribution in [0.5, 0.6) is 0 Å². The van der Waals surface area contributed by atoms with E-state index in [0.717, 1.165) is 30.3 Å². The highest BCUT2D eigenvalue weighted by Crippen LogP contribution is 2.25. The third-order valence-corrected chi connectivity index (χ3v) is 5.89. The van der Waals surface area contributed by atoms with Crippen molar-refractivity contribution in [2.75, 3.05) is 11.1 Å². The molecule has 0 radical (unpaired) electrons. The second-order valence-electron chi connectivity index (χ2n) is 5.92. The van der Waals surface area contributed by atoms with Gasteiger partial charge in [-0.05, 0) is 36.9 Å². The van der Waals surface area contributed by atoms with Crippen molar-refractivity contribution >= 4 is 44.9 Å². The van der Waals surface area contributed by atoms with E-state index in [9.17, 15) is 18.4 Å². The zero-order valence-electron chi connectivity index (χ0n) is 14.7. The van der Waals surface area contributed by atoms with Gasteiger partial charge in [-0.2, -0.15) is 0 Å². The van der Waals surface area contributed by atoms with Gasteiger partial charge in [0.1, 0.15) is 16.3 Å². The molecule has 2 aromatic heterocycles. The molecule has 1 N–H and O–H groups in total. The van der Waals surface area contributed by atoms with Crippen molar-refractivity contribution < 1.29 is 13.6 Å². The van der Waals surface area contributed by atoms with Crippen molar-refractivity contribution in [1.82, 2.24) is 9.55 Å². The highest BCUT2D eigenvalue weighted by Gasteiger charge is 2.18. The number of fused-ring (bicyclic) bond motifs is 1. The van der Waals surface area contributed by atoms with Crippen molar-refractivity contribution in [2.24, 2.45) is 0 Å². The molecule has 1 atom stereocenters. The zero-order chi connectivity index (χ0) is 19.6. The Hall–Kier alpha value is -2.26. The Morgan fingerprint density at radius 2 is 2.15 bits per heavy atom. The molecule has 0 bridgehead atoms. The first kappa shape index (κ1) is 19.5. The van der Waals surface area contributed by atoms with Crippen LogP contribution in [0.25, 0.3) is 10.2 Å². The predicted molar refractivity (Wildman–Crippen MR) is 105 cm³/mol. The lowest BCUT2D eigenvalue weighted by Crippen LogP contribution is -2.26. The van der Waals surface area contributed by atoms with Crippen LogP contribution < -0.4 is 10.9 Å². The fourth-order valence-corrected chi connectivity index (χ4v) is 4.15. The molecule has 9 heteroatoms. The normalized spacial score (nSPS) is 12.3. The minimum absolute atomic E-state index is 0.0602. The van der Waals surface area contributed by atoms with Gasteiger partial charge in [0.15, 0.2) is 5.16 Å². The molecule has 1 amide bonds. The number of nitrogens with zero attached hydrogens (tertiary/aromatic N) is 2. The van der Waals surface area contributed by atoms with Crippen molar-refractivity contribution in [3.8, 4) is 0 Å². The summed E-state index contributed by atoms with van der Waals surface area (Å²) in [5.41, 5.74) is 0.372. The summed E-state index contributed by atoms with van der Waals surface area (Å²) < 4.78 is 28.8. The largest absolute Gasteiger partial charge is 0.323 e. The Kier molecular flexibility index (Phi) is 5.91. The van der Waals surface area contributed by atoms with Gasteiger partial charge in [0, 0.05) is 12.1 Å². The second-order valence-corrected chi connectivity index (χ2v) is 7.78. The van der Waals surface area contributed by atoms with Gasteiger partial charge in [-0.25, -0.2) is 13.8 Å². The molecule has 1 aromatic carbocycles. The predicted octanol–water partition coefficient (Wildman–Crippen LogP) is 4.44. The lowest BCUT2D eigenvalue weighted by atomic mass is 10.2. The van der Waals surface area contributed by atoms with Gasteiger partial charge in [-0.15, -0.1) is 11.3 Å². The maximum Gasteiger partial charge on any atom is 0.272 e. The lowest BCUT2D eigenvalue weighted by Gasteiger charge is -2.17. The smallest absolute Gasteiger partial charge is 0.272 e. The number of benzene rings is 1. The number of carbonyl (C=O) groups excluding carboxylic acids is 1. The van der Waals surface area contributed by atoms with Gasteiger partial charge >= 0.3 is 0 Å². The van der Waals surface area contributed by atoms with Gasteiger partial charge in [0.05, 0.1) is 17.0 Å². The number of anilines is 1. The highest BCUT2D eigenvalue weighted by atomic mass is 32.2. The number of hydrogen-bond donors (Lipinski definition) is 1. The van der Waals surface area contributed by atoms with Crippen molar-refractivity contribution in [3.63, 3.8) is 0 Å². The summed E-state index contributed by atoms with van der Waals surface area (Å²) >= 11 is 2.44. The van der Waals surface area contributed by atoms with Gasteiger partial charge in [-0.3, -0.25) is 14.2 Å². The Morgan fingerprint density at radius 1 is 1.37 bits per heavy atom. The lowest BCUT2D eigenvalue weighted by molar-refractivity contribution is -0.113. The summed E-state index contributed by atoms with van der Waals surface area (Å²) in [4.78, 5) is 29.4. The van der Waals surface area contributed by atoms with Crippen molar-refractivity contribution in [3.05, 3.63) is 51.6 Å². The molecule has 27 heavy (non-hydrogen) atoms. The van der Waals surface area contributed by atoms with Crippen LogP contribution in [0.4, 0.5) is 14.5 Å². The fraction of sp³-hybridized carbons (Fsp3) is 0.278. The van der Waals surface area contributed by atoms with E-state index in [1.165, 1.54) is 11.3 Å². The minimum atomic E-state index is -0.845. The fourth-order valence-electron chi connectivity index (χ4n) is 2.48. The molecule has 3 rings (SSSR count). The molecule has 3 aromatic rings. The quantitative estimate of drug-likeness (QED) is 0.483. The molecule has 2 heterocycles. The number of thiophene rings is 1. The minimum Gasteiger partial charge on any atom is -0.323 e. The number of thioether (sulfide) groups is 1. The van der Waals surface area contributed by atoms with Crippen LogP contribution >= 0.6 is 23.1 Å². The van der Waals surface area contributed by atoms with Crippen molar-refractivity contribution in [2.45, 2.75) is 31.5 Å². The van der Waals surface area contributed by atoms with E-state index in [4.69, 9.17) is 0 Å². The molecular formula is C18H17F2N3O2S2. The summed E-state index contributed by atoms with van der Waals surface area (Å²) in [7, 11) is 0. The number of carbonyl (C=O) groups is 1. The molecule has 0 saturated heterocycles. The Labute approximate surface area is 162 Å². The maximum atomic E-state index is 13.7. The number of halogens is 2. The van der Waals surface area contributed by atoms with E-state index in [2.05, 4.69) is 10.3 Å². The monoisotopic (exact) mass is 409 g/mol. The van der Waals surface area contributed by atoms with Gasteiger partial charge in [0.2, 0.25) is 5.91 Å². The number of aromatic nitrogens is 2. The zero-order valence-corrected chi connectivity index (χ0v) is 16.3. The summed E-state index contributed by atoms with van der Waals surface area (Å²) in [6.07, 6.45) is 0.735.